The van der Waals surface area contributed by atoms with Crippen molar-refractivity contribution in [3.05, 3.63) is 59.9 Å². The molecule has 7 heteroatoms. The number of Topliss-reactive ketones (excluding diaryl/α,β-unsaturated/α-hetero) is 1. The highest BCUT2D eigenvalue weighted by Gasteiger charge is 2.13. The predicted octanol–water partition coefficient (Wildman–Crippen LogP) is 2.61. The maximum atomic E-state index is 13.5. The van der Waals surface area contributed by atoms with Gasteiger partial charge in [-0.05, 0) is 36.4 Å². The lowest BCUT2D eigenvalue weighted by Gasteiger charge is -2.13. The molecule has 0 aromatic heterocycles. The third kappa shape index (κ3) is 6.22. The molecular formula is C20H22FN3O3. The summed E-state index contributed by atoms with van der Waals surface area (Å²) >= 11 is 0. The molecule has 0 heterocycles. The van der Waals surface area contributed by atoms with Crippen LogP contribution in [0.5, 0.6) is 0 Å². The Morgan fingerprint density at radius 2 is 1.59 bits per heavy atom. The number of hydrogen-bond donors (Lipinski definition) is 2. The summed E-state index contributed by atoms with van der Waals surface area (Å²) in [7, 11) is 3.83. The molecule has 0 saturated carbocycles. The van der Waals surface area contributed by atoms with Crippen molar-refractivity contribution in [2.75, 3.05) is 30.9 Å². The fraction of sp³-hybridized carbons (Fsp3) is 0.250. The number of nitrogens with one attached hydrogen (secondary N) is 2. The maximum absolute atomic E-state index is 13.5. The normalized spacial score (nSPS) is 10.2. The molecule has 0 aliphatic carbocycles. The van der Waals surface area contributed by atoms with Gasteiger partial charge in [-0.15, -0.1) is 0 Å². The Morgan fingerprint density at radius 1 is 0.926 bits per heavy atom. The summed E-state index contributed by atoms with van der Waals surface area (Å²) < 4.78 is 13.5. The zero-order valence-electron chi connectivity index (χ0n) is 15.3. The van der Waals surface area contributed by atoms with Gasteiger partial charge in [-0.3, -0.25) is 14.4 Å². The average molecular weight is 371 g/mol. The average Bonchev–Trinajstić information content (AvgIpc) is 2.65. The number of benzene rings is 2. The molecular weight excluding hydrogens is 349 g/mol. The molecule has 0 fully saturated rings. The van der Waals surface area contributed by atoms with Crippen molar-refractivity contribution in [2.24, 2.45) is 0 Å². The van der Waals surface area contributed by atoms with Gasteiger partial charge >= 0.3 is 0 Å². The van der Waals surface area contributed by atoms with Crippen molar-refractivity contribution in [3.8, 4) is 0 Å². The fourth-order valence-electron chi connectivity index (χ4n) is 2.36. The first-order valence-electron chi connectivity index (χ1n) is 8.48. The van der Waals surface area contributed by atoms with E-state index in [-0.39, 0.29) is 30.9 Å². The lowest BCUT2D eigenvalue weighted by atomic mass is 10.1. The Balaban J connectivity index is 1.74. The van der Waals surface area contributed by atoms with Crippen LogP contribution < -0.4 is 15.5 Å². The molecule has 2 amide bonds. The minimum Gasteiger partial charge on any atom is -0.378 e. The third-order valence-electron chi connectivity index (χ3n) is 3.87. The van der Waals surface area contributed by atoms with Crippen LogP contribution in [0.4, 0.5) is 15.8 Å². The molecule has 27 heavy (non-hydrogen) atoms. The molecule has 142 valence electrons. The molecule has 0 spiro atoms. The first-order valence-corrected chi connectivity index (χ1v) is 8.48. The number of ketones is 1. The number of hydrogen-bond acceptors (Lipinski definition) is 4. The van der Waals surface area contributed by atoms with Crippen molar-refractivity contribution in [1.29, 1.82) is 0 Å². The smallest absolute Gasteiger partial charge is 0.243 e. The van der Waals surface area contributed by atoms with Crippen LogP contribution in [0.2, 0.25) is 0 Å². The van der Waals surface area contributed by atoms with Crippen LogP contribution in [-0.4, -0.2) is 38.2 Å². The molecule has 0 unspecified atom stereocenters. The minimum absolute atomic E-state index is 0.0378. The topological polar surface area (TPSA) is 78.5 Å². The number of amides is 2. The van der Waals surface area contributed by atoms with E-state index in [0.29, 0.717) is 5.69 Å². The summed E-state index contributed by atoms with van der Waals surface area (Å²) in [6, 6.07) is 12.9. The molecule has 2 rings (SSSR count). The molecule has 0 radical (unpaired) electrons. The molecule has 0 aliphatic rings. The number of carbonyl (C=O) groups is 3. The minimum atomic E-state index is -0.609. The molecule has 0 bridgehead atoms. The van der Waals surface area contributed by atoms with Gasteiger partial charge in [0.25, 0.3) is 0 Å². The molecule has 0 aliphatic heterocycles. The second-order valence-electron chi connectivity index (χ2n) is 6.17. The SMILES string of the molecule is CN(C)c1ccc(NC(=O)CNC(=O)CCC(=O)c2ccccc2F)cc1. The van der Waals surface area contributed by atoms with Crippen LogP contribution in [0, 0.1) is 5.82 Å². The summed E-state index contributed by atoms with van der Waals surface area (Å²) in [5.41, 5.74) is 1.58. The second kappa shape index (κ2) is 9.47. The molecule has 0 atom stereocenters. The van der Waals surface area contributed by atoms with Gasteiger partial charge in [-0.25, -0.2) is 4.39 Å². The third-order valence-corrected chi connectivity index (χ3v) is 3.87. The van der Waals surface area contributed by atoms with Crippen LogP contribution in [0.3, 0.4) is 0 Å². The van der Waals surface area contributed by atoms with Crippen LogP contribution in [0.25, 0.3) is 0 Å². The standard InChI is InChI=1S/C20H22FN3O3/c1-24(2)15-9-7-14(8-10-15)23-20(27)13-22-19(26)12-11-18(25)16-5-3-4-6-17(16)21/h3-10H,11-13H2,1-2H3,(H,22,26)(H,23,27). The number of nitrogens with zero attached hydrogens (tertiary/aromatic N) is 1. The van der Waals surface area contributed by atoms with Crippen molar-refractivity contribution >= 4 is 29.0 Å². The van der Waals surface area contributed by atoms with E-state index < -0.39 is 17.5 Å². The second-order valence-corrected chi connectivity index (χ2v) is 6.17. The van der Waals surface area contributed by atoms with E-state index in [0.717, 1.165) is 5.69 Å². The van der Waals surface area contributed by atoms with Gasteiger partial charge < -0.3 is 15.5 Å². The Labute approximate surface area is 157 Å². The van der Waals surface area contributed by atoms with E-state index in [4.69, 9.17) is 0 Å². The monoisotopic (exact) mass is 371 g/mol. The van der Waals surface area contributed by atoms with Gasteiger partial charge in [0.2, 0.25) is 11.8 Å². The number of rotatable bonds is 8. The van der Waals surface area contributed by atoms with Crippen LogP contribution >= 0.6 is 0 Å². The molecule has 2 aromatic carbocycles. The van der Waals surface area contributed by atoms with Crippen LogP contribution in [0.1, 0.15) is 23.2 Å². The van der Waals surface area contributed by atoms with E-state index in [2.05, 4.69) is 10.6 Å². The van der Waals surface area contributed by atoms with Crippen LogP contribution in [0.15, 0.2) is 48.5 Å². The van der Waals surface area contributed by atoms with Gasteiger partial charge in [0.1, 0.15) is 5.82 Å². The van der Waals surface area contributed by atoms with E-state index >= 15 is 0 Å². The zero-order valence-corrected chi connectivity index (χ0v) is 15.3. The van der Waals surface area contributed by atoms with E-state index in [1.54, 1.807) is 18.2 Å². The Hall–Kier alpha value is -3.22. The summed E-state index contributed by atoms with van der Waals surface area (Å²) in [6.45, 7) is -0.206. The number of anilines is 2. The Morgan fingerprint density at radius 3 is 2.22 bits per heavy atom. The van der Waals surface area contributed by atoms with Gasteiger partial charge in [-0.2, -0.15) is 0 Å². The molecule has 6 nitrogen and oxygen atoms in total. The maximum Gasteiger partial charge on any atom is 0.243 e. The quantitative estimate of drug-likeness (QED) is 0.699. The van der Waals surface area contributed by atoms with E-state index in [1.165, 1.54) is 18.2 Å². The van der Waals surface area contributed by atoms with Gasteiger partial charge in [0, 0.05) is 38.3 Å². The first-order chi connectivity index (χ1) is 12.9. The van der Waals surface area contributed by atoms with Crippen molar-refractivity contribution < 1.29 is 18.8 Å². The Kier molecular flexibility index (Phi) is 7.05. The molecule has 2 aromatic rings. The fourth-order valence-corrected chi connectivity index (χ4v) is 2.36. The highest BCUT2D eigenvalue weighted by atomic mass is 19.1. The summed E-state index contributed by atoms with van der Waals surface area (Å²) in [4.78, 5) is 37.5. The first kappa shape index (κ1) is 20.1. The van der Waals surface area contributed by atoms with Crippen molar-refractivity contribution in [2.45, 2.75) is 12.8 Å². The van der Waals surface area contributed by atoms with Gasteiger partial charge in [0.05, 0.1) is 12.1 Å². The van der Waals surface area contributed by atoms with Gasteiger partial charge in [-0.1, -0.05) is 12.1 Å². The summed E-state index contributed by atoms with van der Waals surface area (Å²) in [5.74, 6) is -1.88. The molecule has 0 saturated heterocycles. The van der Waals surface area contributed by atoms with Gasteiger partial charge in [0.15, 0.2) is 5.78 Å². The zero-order chi connectivity index (χ0) is 19.8. The van der Waals surface area contributed by atoms with E-state index in [1.807, 2.05) is 31.1 Å². The van der Waals surface area contributed by atoms with Crippen molar-refractivity contribution in [1.82, 2.24) is 5.32 Å². The molecule has 2 N–H and O–H groups in total. The van der Waals surface area contributed by atoms with E-state index in [9.17, 15) is 18.8 Å². The Bertz CT molecular complexity index is 819. The lowest BCUT2D eigenvalue weighted by molar-refractivity contribution is -0.124. The van der Waals surface area contributed by atoms with Crippen molar-refractivity contribution in [3.63, 3.8) is 0 Å². The summed E-state index contributed by atoms with van der Waals surface area (Å²) in [5, 5.41) is 5.12. The highest BCUT2D eigenvalue weighted by Crippen LogP contribution is 2.15. The lowest BCUT2D eigenvalue weighted by Crippen LogP contribution is -2.33. The summed E-state index contributed by atoms with van der Waals surface area (Å²) in [6.07, 6.45) is -0.238. The largest absolute Gasteiger partial charge is 0.378 e. The highest BCUT2D eigenvalue weighted by molar-refractivity contribution is 5.99. The number of carbonyl (C=O) groups excluding carboxylic acids is 3. The number of halogens is 1. The predicted molar refractivity (Wildman–Crippen MR) is 102 cm³/mol. The van der Waals surface area contributed by atoms with Crippen LogP contribution in [-0.2, 0) is 9.59 Å².